The SMILES string of the molecule is O=C(Cc1ccc(-c2ccccc2)cc1)NCCCS(=O)(=O)N1CCN(c2ccccc2)CC1. The maximum absolute atomic E-state index is 12.7. The van der Waals surface area contributed by atoms with E-state index < -0.39 is 10.0 Å². The van der Waals surface area contributed by atoms with Gasteiger partial charge in [0.25, 0.3) is 0 Å². The fraction of sp³-hybridized carbons (Fsp3) is 0.296. The number of hydrogen-bond acceptors (Lipinski definition) is 4. The Morgan fingerprint density at radius 2 is 1.35 bits per heavy atom. The first-order valence-corrected chi connectivity index (χ1v) is 13.3. The number of para-hydroxylation sites is 1. The number of anilines is 1. The fourth-order valence-electron chi connectivity index (χ4n) is 4.17. The Kier molecular flexibility index (Phi) is 7.98. The molecule has 0 radical (unpaired) electrons. The molecular weight excluding hydrogens is 446 g/mol. The van der Waals surface area contributed by atoms with Crippen LogP contribution in [0, 0.1) is 0 Å². The summed E-state index contributed by atoms with van der Waals surface area (Å²) in [5.74, 6) is -0.0500. The number of piperazine rings is 1. The third kappa shape index (κ3) is 6.46. The van der Waals surface area contributed by atoms with Crippen molar-refractivity contribution in [2.75, 3.05) is 43.4 Å². The van der Waals surface area contributed by atoms with Gasteiger partial charge in [-0.05, 0) is 35.2 Å². The Morgan fingerprint density at radius 3 is 2.00 bits per heavy atom. The van der Waals surface area contributed by atoms with Crippen molar-refractivity contribution in [1.29, 1.82) is 0 Å². The van der Waals surface area contributed by atoms with E-state index in [0.717, 1.165) is 22.4 Å². The van der Waals surface area contributed by atoms with Gasteiger partial charge in [0.15, 0.2) is 0 Å². The van der Waals surface area contributed by atoms with E-state index in [9.17, 15) is 13.2 Å². The first kappa shape index (κ1) is 24.0. The molecule has 0 atom stereocenters. The molecule has 1 amide bonds. The lowest BCUT2D eigenvalue weighted by atomic mass is 10.0. The number of nitrogens with zero attached hydrogens (tertiary/aromatic N) is 2. The second-order valence-electron chi connectivity index (χ2n) is 8.48. The van der Waals surface area contributed by atoms with Crippen LogP contribution in [0.2, 0.25) is 0 Å². The molecule has 6 nitrogen and oxygen atoms in total. The van der Waals surface area contributed by atoms with Crippen LogP contribution in [0.3, 0.4) is 0 Å². The largest absolute Gasteiger partial charge is 0.369 e. The zero-order chi connectivity index (χ0) is 23.8. The first-order valence-electron chi connectivity index (χ1n) is 11.7. The van der Waals surface area contributed by atoms with Crippen molar-refractivity contribution >= 4 is 21.6 Å². The molecule has 178 valence electrons. The molecule has 3 aromatic carbocycles. The molecule has 0 saturated carbocycles. The van der Waals surface area contributed by atoms with Crippen LogP contribution in [-0.4, -0.2) is 57.1 Å². The molecule has 1 saturated heterocycles. The molecule has 1 aliphatic heterocycles. The highest BCUT2D eigenvalue weighted by Gasteiger charge is 2.26. The molecule has 0 aromatic heterocycles. The molecule has 34 heavy (non-hydrogen) atoms. The van der Waals surface area contributed by atoms with Crippen LogP contribution >= 0.6 is 0 Å². The van der Waals surface area contributed by atoms with E-state index in [4.69, 9.17) is 0 Å². The van der Waals surface area contributed by atoms with E-state index in [0.29, 0.717) is 39.1 Å². The second-order valence-corrected chi connectivity index (χ2v) is 10.6. The van der Waals surface area contributed by atoms with Crippen molar-refractivity contribution in [3.63, 3.8) is 0 Å². The summed E-state index contributed by atoms with van der Waals surface area (Å²) in [5, 5.41) is 2.85. The zero-order valence-electron chi connectivity index (χ0n) is 19.3. The van der Waals surface area contributed by atoms with Crippen LogP contribution in [-0.2, 0) is 21.2 Å². The van der Waals surface area contributed by atoms with E-state index in [1.165, 1.54) is 0 Å². The normalized spacial score (nSPS) is 14.6. The van der Waals surface area contributed by atoms with E-state index in [-0.39, 0.29) is 18.1 Å². The van der Waals surface area contributed by atoms with Crippen molar-refractivity contribution in [2.45, 2.75) is 12.8 Å². The highest BCUT2D eigenvalue weighted by Crippen LogP contribution is 2.20. The molecule has 1 heterocycles. The molecular formula is C27H31N3O3S. The minimum absolute atomic E-state index is 0.0460. The number of hydrogen-bond donors (Lipinski definition) is 1. The molecule has 0 bridgehead atoms. The zero-order valence-corrected chi connectivity index (χ0v) is 20.1. The van der Waals surface area contributed by atoms with Crippen molar-refractivity contribution in [1.82, 2.24) is 9.62 Å². The molecule has 0 unspecified atom stereocenters. The van der Waals surface area contributed by atoms with Gasteiger partial charge < -0.3 is 10.2 Å². The summed E-state index contributed by atoms with van der Waals surface area (Å²) in [7, 11) is -3.32. The van der Waals surface area contributed by atoms with E-state index in [2.05, 4.69) is 22.3 Å². The molecule has 0 spiro atoms. The smallest absolute Gasteiger partial charge is 0.224 e. The average Bonchev–Trinajstić information content (AvgIpc) is 2.88. The van der Waals surface area contributed by atoms with E-state index in [1.54, 1.807) is 4.31 Å². The van der Waals surface area contributed by atoms with Crippen LogP contribution in [0.1, 0.15) is 12.0 Å². The molecule has 3 aromatic rings. The second kappa shape index (κ2) is 11.3. The van der Waals surface area contributed by atoms with Gasteiger partial charge in [-0.25, -0.2) is 8.42 Å². The van der Waals surface area contributed by atoms with E-state index >= 15 is 0 Å². The maximum Gasteiger partial charge on any atom is 0.224 e. The number of sulfonamides is 1. The molecule has 0 aliphatic carbocycles. The van der Waals surface area contributed by atoms with Gasteiger partial charge in [0.1, 0.15) is 0 Å². The van der Waals surface area contributed by atoms with Gasteiger partial charge >= 0.3 is 0 Å². The topological polar surface area (TPSA) is 69.7 Å². The van der Waals surface area contributed by atoms with Crippen molar-refractivity contribution in [3.8, 4) is 11.1 Å². The lowest BCUT2D eigenvalue weighted by molar-refractivity contribution is -0.120. The van der Waals surface area contributed by atoms with Crippen molar-refractivity contribution in [3.05, 3.63) is 90.5 Å². The summed E-state index contributed by atoms with van der Waals surface area (Å²) in [6.45, 7) is 2.70. The number of amides is 1. The number of carbonyl (C=O) groups excluding carboxylic acids is 1. The van der Waals surface area contributed by atoms with Gasteiger partial charge in [0.05, 0.1) is 12.2 Å². The van der Waals surface area contributed by atoms with Crippen LogP contribution < -0.4 is 10.2 Å². The van der Waals surface area contributed by atoms with Gasteiger partial charge in [0, 0.05) is 38.4 Å². The lowest BCUT2D eigenvalue weighted by Gasteiger charge is -2.35. The number of rotatable bonds is 9. The minimum Gasteiger partial charge on any atom is -0.369 e. The quantitative estimate of drug-likeness (QED) is 0.479. The summed E-state index contributed by atoms with van der Waals surface area (Å²) < 4.78 is 27.0. The molecule has 1 fully saturated rings. The Balaban J connectivity index is 1.17. The van der Waals surface area contributed by atoms with Gasteiger partial charge in [-0.3, -0.25) is 4.79 Å². The number of nitrogens with one attached hydrogen (secondary N) is 1. The van der Waals surface area contributed by atoms with Gasteiger partial charge in [0.2, 0.25) is 15.9 Å². The predicted octanol–water partition coefficient (Wildman–Crippen LogP) is 3.55. The first-order chi connectivity index (χ1) is 16.5. The van der Waals surface area contributed by atoms with Gasteiger partial charge in [-0.15, -0.1) is 0 Å². The number of carbonyl (C=O) groups is 1. The van der Waals surface area contributed by atoms with Gasteiger partial charge in [-0.1, -0.05) is 72.8 Å². The Morgan fingerprint density at radius 1 is 0.765 bits per heavy atom. The summed E-state index contributed by atoms with van der Waals surface area (Å²) in [6.07, 6.45) is 0.684. The van der Waals surface area contributed by atoms with E-state index in [1.807, 2.05) is 72.8 Å². The maximum atomic E-state index is 12.7. The van der Waals surface area contributed by atoms with Crippen LogP contribution in [0.4, 0.5) is 5.69 Å². The predicted molar refractivity (Wildman–Crippen MR) is 137 cm³/mol. The lowest BCUT2D eigenvalue weighted by Crippen LogP contribution is -2.49. The standard InChI is InChI=1S/C27H31N3O3S/c31-27(22-23-12-14-25(15-13-23)24-8-3-1-4-9-24)28-16-7-21-34(32,33)30-19-17-29(18-20-30)26-10-5-2-6-11-26/h1-6,8-15H,7,16-22H2,(H,28,31). The Bertz CT molecular complexity index is 1160. The summed E-state index contributed by atoms with van der Waals surface area (Å²) in [4.78, 5) is 14.5. The minimum atomic E-state index is -3.32. The van der Waals surface area contributed by atoms with Crippen LogP contribution in [0.25, 0.3) is 11.1 Å². The van der Waals surface area contributed by atoms with Crippen molar-refractivity contribution < 1.29 is 13.2 Å². The highest BCUT2D eigenvalue weighted by molar-refractivity contribution is 7.89. The highest BCUT2D eigenvalue weighted by atomic mass is 32.2. The Hall–Kier alpha value is -3.16. The summed E-state index contributed by atoms with van der Waals surface area (Å²) in [5.41, 5.74) is 4.30. The Labute approximate surface area is 202 Å². The summed E-state index contributed by atoms with van der Waals surface area (Å²) >= 11 is 0. The average molecular weight is 478 g/mol. The fourth-order valence-corrected chi connectivity index (χ4v) is 5.66. The summed E-state index contributed by atoms with van der Waals surface area (Å²) in [6, 6.07) is 28.1. The molecule has 1 aliphatic rings. The van der Waals surface area contributed by atoms with Crippen LogP contribution in [0.5, 0.6) is 0 Å². The van der Waals surface area contributed by atoms with Gasteiger partial charge in [-0.2, -0.15) is 4.31 Å². The monoisotopic (exact) mass is 477 g/mol. The number of benzene rings is 3. The molecule has 1 N–H and O–H groups in total. The van der Waals surface area contributed by atoms with Crippen molar-refractivity contribution in [2.24, 2.45) is 0 Å². The third-order valence-electron chi connectivity index (χ3n) is 6.08. The third-order valence-corrected chi connectivity index (χ3v) is 8.04. The molecule has 7 heteroatoms. The molecule has 4 rings (SSSR count). The van der Waals surface area contributed by atoms with Crippen LogP contribution in [0.15, 0.2) is 84.9 Å².